The van der Waals surface area contributed by atoms with E-state index in [9.17, 15) is 0 Å². The van der Waals surface area contributed by atoms with Crippen LogP contribution in [0, 0.1) is 5.41 Å². The standard InChI is InChI=1S/C35H70/c1-6-9-12-15-18-21-24-27-30-34(4)33-35(5,31-28-25-22-19-16-13-10-7-2)32-29-26-23-20-17-14-11-8-3/h4,6-33H2,1-3,5H3. The van der Waals surface area contributed by atoms with Gasteiger partial charge in [0.15, 0.2) is 0 Å². The van der Waals surface area contributed by atoms with E-state index in [1.54, 1.807) is 5.57 Å². The van der Waals surface area contributed by atoms with E-state index in [4.69, 9.17) is 0 Å². The third-order valence-corrected chi connectivity index (χ3v) is 8.33. The van der Waals surface area contributed by atoms with E-state index >= 15 is 0 Å². The summed E-state index contributed by atoms with van der Waals surface area (Å²) in [5, 5.41) is 0. The van der Waals surface area contributed by atoms with E-state index in [-0.39, 0.29) is 0 Å². The highest BCUT2D eigenvalue weighted by Gasteiger charge is 2.24. The van der Waals surface area contributed by atoms with Gasteiger partial charge < -0.3 is 0 Å². The van der Waals surface area contributed by atoms with Crippen molar-refractivity contribution in [2.75, 3.05) is 0 Å². The summed E-state index contributed by atoms with van der Waals surface area (Å²) in [7, 11) is 0. The molecule has 0 saturated carbocycles. The first-order valence-electron chi connectivity index (χ1n) is 16.7. The van der Waals surface area contributed by atoms with E-state index in [0.29, 0.717) is 5.41 Å². The smallest absolute Gasteiger partial charge is 0.0269 e. The summed E-state index contributed by atoms with van der Waals surface area (Å²) in [6.45, 7) is 14.1. The Hall–Kier alpha value is -0.260. The molecule has 35 heavy (non-hydrogen) atoms. The van der Waals surface area contributed by atoms with Gasteiger partial charge in [-0.05, 0) is 37.5 Å². The molecule has 0 N–H and O–H groups in total. The molecule has 0 heteroatoms. The molecule has 0 aliphatic rings. The normalized spacial score (nSPS) is 11.9. The van der Waals surface area contributed by atoms with Gasteiger partial charge in [0, 0.05) is 0 Å². The summed E-state index contributed by atoms with van der Waals surface area (Å²) < 4.78 is 0. The van der Waals surface area contributed by atoms with E-state index < -0.39 is 0 Å². The van der Waals surface area contributed by atoms with Gasteiger partial charge in [-0.2, -0.15) is 0 Å². The summed E-state index contributed by atoms with van der Waals surface area (Å²) in [4.78, 5) is 0. The molecule has 0 atom stereocenters. The van der Waals surface area contributed by atoms with Crippen LogP contribution in [0.2, 0.25) is 0 Å². The average molecular weight is 491 g/mol. The molecule has 0 aromatic heterocycles. The SMILES string of the molecule is C=C(CCCCCCCCCC)CC(C)(CCCCCCCCCC)CCCCCCCCCC. The quantitative estimate of drug-likeness (QED) is 0.0722. The van der Waals surface area contributed by atoms with Gasteiger partial charge in [0.1, 0.15) is 0 Å². The number of hydrogen-bond donors (Lipinski definition) is 0. The van der Waals surface area contributed by atoms with Crippen molar-refractivity contribution in [2.45, 2.75) is 207 Å². The van der Waals surface area contributed by atoms with Gasteiger partial charge in [0.05, 0.1) is 0 Å². The molecule has 0 saturated heterocycles. The Morgan fingerprint density at radius 3 is 1.06 bits per heavy atom. The highest BCUT2D eigenvalue weighted by Crippen LogP contribution is 2.38. The van der Waals surface area contributed by atoms with Gasteiger partial charge >= 0.3 is 0 Å². The van der Waals surface area contributed by atoms with Gasteiger partial charge in [-0.3, -0.25) is 0 Å². The van der Waals surface area contributed by atoms with Crippen molar-refractivity contribution in [3.8, 4) is 0 Å². The zero-order valence-corrected chi connectivity index (χ0v) is 25.5. The number of hydrogen-bond acceptors (Lipinski definition) is 0. The van der Waals surface area contributed by atoms with Crippen molar-refractivity contribution in [1.29, 1.82) is 0 Å². The van der Waals surface area contributed by atoms with Crippen molar-refractivity contribution in [1.82, 2.24) is 0 Å². The Bertz CT molecular complexity index is 400. The van der Waals surface area contributed by atoms with Crippen LogP contribution < -0.4 is 0 Å². The van der Waals surface area contributed by atoms with Crippen molar-refractivity contribution < 1.29 is 0 Å². The molecular formula is C35H70. The van der Waals surface area contributed by atoms with Crippen LogP contribution in [0.3, 0.4) is 0 Å². The predicted molar refractivity (Wildman–Crippen MR) is 164 cm³/mol. The fourth-order valence-electron chi connectivity index (χ4n) is 5.87. The number of rotatable bonds is 29. The van der Waals surface area contributed by atoms with Gasteiger partial charge in [-0.15, -0.1) is 0 Å². The van der Waals surface area contributed by atoms with Gasteiger partial charge in [0.2, 0.25) is 0 Å². The molecule has 0 amide bonds. The van der Waals surface area contributed by atoms with Gasteiger partial charge in [0.25, 0.3) is 0 Å². The van der Waals surface area contributed by atoms with E-state index in [0.717, 1.165) is 0 Å². The molecule has 0 fully saturated rings. The van der Waals surface area contributed by atoms with Crippen LogP contribution in [0.1, 0.15) is 207 Å². The minimum atomic E-state index is 0.502. The topological polar surface area (TPSA) is 0 Å². The summed E-state index contributed by atoms with van der Waals surface area (Å²) in [5.74, 6) is 0. The Morgan fingerprint density at radius 2 is 0.714 bits per heavy atom. The van der Waals surface area contributed by atoms with Crippen LogP contribution in [0.15, 0.2) is 12.2 Å². The maximum absolute atomic E-state index is 4.57. The van der Waals surface area contributed by atoms with E-state index in [2.05, 4.69) is 34.3 Å². The average Bonchev–Trinajstić information content (AvgIpc) is 2.84. The zero-order chi connectivity index (χ0) is 25.9. The lowest BCUT2D eigenvalue weighted by atomic mass is 9.74. The second-order valence-electron chi connectivity index (χ2n) is 12.4. The molecule has 210 valence electrons. The minimum absolute atomic E-state index is 0.502. The van der Waals surface area contributed by atoms with Crippen LogP contribution in [0.5, 0.6) is 0 Å². The molecule has 0 aliphatic heterocycles. The Morgan fingerprint density at radius 1 is 0.429 bits per heavy atom. The Balaban J connectivity index is 4.23. The van der Waals surface area contributed by atoms with Crippen LogP contribution >= 0.6 is 0 Å². The second-order valence-corrected chi connectivity index (χ2v) is 12.4. The van der Waals surface area contributed by atoms with Gasteiger partial charge in [-0.1, -0.05) is 188 Å². The van der Waals surface area contributed by atoms with Crippen LogP contribution in [0.4, 0.5) is 0 Å². The largest absolute Gasteiger partial charge is 0.0998 e. The molecule has 0 radical (unpaired) electrons. The summed E-state index contributed by atoms with van der Waals surface area (Å²) in [6.07, 6.45) is 39.7. The van der Waals surface area contributed by atoms with Crippen LogP contribution in [-0.4, -0.2) is 0 Å². The maximum atomic E-state index is 4.57. The van der Waals surface area contributed by atoms with Crippen molar-refractivity contribution in [2.24, 2.45) is 5.41 Å². The summed E-state index contributed by atoms with van der Waals surface area (Å²) in [6, 6.07) is 0. The van der Waals surface area contributed by atoms with Crippen LogP contribution in [0.25, 0.3) is 0 Å². The molecule has 0 heterocycles. The number of allylic oxidation sites excluding steroid dienone is 1. The first kappa shape index (κ1) is 34.7. The summed E-state index contributed by atoms with van der Waals surface area (Å²) in [5.41, 5.74) is 2.05. The third-order valence-electron chi connectivity index (χ3n) is 8.33. The van der Waals surface area contributed by atoms with Crippen molar-refractivity contribution in [3.05, 3.63) is 12.2 Å². The minimum Gasteiger partial charge on any atom is -0.0998 e. The summed E-state index contributed by atoms with van der Waals surface area (Å²) >= 11 is 0. The van der Waals surface area contributed by atoms with Crippen molar-refractivity contribution in [3.63, 3.8) is 0 Å². The Labute approximate surface area is 224 Å². The molecule has 0 nitrogen and oxygen atoms in total. The zero-order valence-electron chi connectivity index (χ0n) is 25.5. The monoisotopic (exact) mass is 491 g/mol. The molecule has 0 unspecified atom stereocenters. The highest BCUT2D eigenvalue weighted by molar-refractivity contribution is 4.99. The first-order valence-corrected chi connectivity index (χ1v) is 16.7. The molecule has 0 spiro atoms. The first-order chi connectivity index (χ1) is 17.1. The molecule has 0 rings (SSSR count). The van der Waals surface area contributed by atoms with Gasteiger partial charge in [-0.25, -0.2) is 0 Å². The third kappa shape index (κ3) is 25.2. The molecule has 0 aliphatic carbocycles. The Kier molecular flexibility index (Phi) is 26.6. The highest BCUT2D eigenvalue weighted by atomic mass is 14.3. The van der Waals surface area contributed by atoms with Crippen molar-refractivity contribution >= 4 is 0 Å². The molecule has 0 aromatic rings. The fraction of sp³-hybridized carbons (Fsp3) is 0.943. The lowest BCUT2D eigenvalue weighted by Gasteiger charge is -2.31. The van der Waals surface area contributed by atoms with E-state index in [1.807, 2.05) is 0 Å². The molecule has 0 aromatic carbocycles. The molecule has 0 bridgehead atoms. The fourth-order valence-corrected chi connectivity index (χ4v) is 5.87. The molecular weight excluding hydrogens is 420 g/mol. The lowest BCUT2D eigenvalue weighted by Crippen LogP contribution is -2.17. The lowest BCUT2D eigenvalue weighted by molar-refractivity contribution is 0.245. The number of unbranched alkanes of at least 4 members (excludes halogenated alkanes) is 21. The second kappa shape index (κ2) is 26.8. The maximum Gasteiger partial charge on any atom is -0.0269 e. The van der Waals surface area contributed by atoms with Crippen LogP contribution in [-0.2, 0) is 0 Å². The predicted octanol–water partition coefficient (Wildman–Crippen LogP) is 13.5. The van der Waals surface area contributed by atoms with E-state index in [1.165, 1.54) is 180 Å².